The Labute approximate surface area is 170 Å². The Morgan fingerprint density at radius 3 is 1.00 bits per heavy atom. The van der Waals surface area contributed by atoms with E-state index >= 15 is 0 Å². The molecule has 28 heavy (non-hydrogen) atoms. The summed E-state index contributed by atoms with van der Waals surface area (Å²) in [5.74, 6) is 0. The van der Waals surface area contributed by atoms with Crippen molar-refractivity contribution in [1.82, 2.24) is 0 Å². The van der Waals surface area contributed by atoms with Gasteiger partial charge in [0, 0.05) is 7.26 Å². The van der Waals surface area contributed by atoms with E-state index in [9.17, 15) is 25.2 Å². The monoisotopic (exact) mass is 460 g/mol. The molecule has 0 saturated carbocycles. The van der Waals surface area contributed by atoms with Gasteiger partial charge in [0.05, 0.1) is 24.6 Å². The topological polar surface area (TPSA) is 0 Å². The average molecular weight is 461 g/mol. The van der Waals surface area contributed by atoms with Gasteiger partial charge in [-0.3, -0.25) is 0 Å². The Morgan fingerprint density at radius 1 is 0.429 bits per heavy atom. The van der Waals surface area contributed by atoms with Crippen molar-refractivity contribution in [3.05, 3.63) is 0 Å². The molecule has 0 unspecified atom stereocenters. The third-order valence-electron chi connectivity index (χ3n) is 4.94. The van der Waals surface area contributed by atoms with E-state index in [0.29, 0.717) is 0 Å². The van der Waals surface area contributed by atoms with Gasteiger partial charge in [-0.25, -0.2) is 0 Å². The minimum atomic E-state index is -10.7. The first-order valence-corrected chi connectivity index (χ1v) is 15.7. The van der Waals surface area contributed by atoms with E-state index < -0.39 is 15.1 Å². The second kappa shape index (κ2) is 13.7. The first-order chi connectivity index (χ1) is 12.7. The summed E-state index contributed by atoms with van der Waals surface area (Å²) >= 11 is 0. The van der Waals surface area contributed by atoms with Gasteiger partial charge in [0.25, 0.3) is 0 Å². The molecule has 0 nitrogen and oxygen atoms in total. The molecule has 0 aromatic heterocycles. The first-order valence-electron chi connectivity index (χ1n) is 11.1. The summed E-state index contributed by atoms with van der Waals surface area (Å²) in [6.07, 6.45) is 24.0. The molecular weight excluding hydrogens is 416 g/mol. The molecule has 0 aliphatic carbocycles. The van der Waals surface area contributed by atoms with Gasteiger partial charge in [0.2, 0.25) is 0 Å². The molecule has 0 aliphatic heterocycles. The van der Waals surface area contributed by atoms with Gasteiger partial charge in [-0.1, -0.05) is 72.6 Å². The molecule has 0 atom stereocenters. The molecule has 0 aromatic rings. The second-order valence-corrected chi connectivity index (χ2v) is 14.4. The minimum absolute atomic E-state index is 0.601. The summed E-state index contributed by atoms with van der Waals surface area (Å²) < 4.78 is 59.2. The molecule has 0 heterocycles. The van der Waals surface area contributed by atoms with Crippen molar-refractivity contribution in [2.75, 3.05) is 24.6 Å². The van der Waals surface area contributed by atoms with Crippen molar-refractivity contribution in [3.8, 4) is 0 Å². The van der Waals surface area contributed by atoms with Crippen molar-refractivity contribution in [3.63, 3.8) is 0 Å². The van der Waals surface area contributed by atoms with Crippen molar-refractivity contribution < 1.29 is 25.2 Å². The normalized spacial score (nSPS) is 14.8. The molecule has 176 valence electrons. The number of rotatable bonds is 16. The zero-order chi connectivity index (χ0) is 22.2. The molecule has 0 saturated heterocycles. The van der Waals surface area contributed by atoms with Crippen molar-refractivity contribution >= 4 is 15.1 Å². The van der Waals surface area contributed by atoms with Gasteiger partial charge in [0.15, 0.2) is 0 Å². The molecule has 0 aromatic carbocycles. The van der Waals surface area contributed by atoms with E-state index in [0.717, 1.165) is 0 Å². The Kier molecular flexibility index (Phi) is 15.0. The summed E-state index contributed by atoms with van der Waals surface area (Å²) in [6, 6.07) is 0. The molecule has 0 rings (SSSR count). The zero-order valence-electron chi connectivity index (χ0n) is 18.5. The Bertz CT molecular complexity index is 334. The van der Waals surface area contributed by atoms with Crippen LogP contribution >= 0.6 is 15.1 Å². The zero-order valence-corrected chi connectivity index (χ0v) is 20.3. The predicted molar refractivity (Wildman–Crippen MR) is 118 cm³/mol. The van der Waals surface area contributed by atoms with E-state index in [4.69, 9.17) is 0 Å². The Balaban J connectivity index is 0. The van der Waals surface area contributed by atoms with Crippen molar-refractivity contribution in [2.45, 2.75) is 105 Å². The van der Waals surface area contributed by atoms with Gasteiger partial charge in [-0.2, -0.15) is 0 Å². The van der Waals surface area contributed by atoms with E-state index in [1.165, 1.54) is 77.0 Å². The van der Waals surface area contributed by atoms with Crippen LogP contribution in [-0.4, -0.2) is 24.6 Å². The van der Waals surface area contributed by atoms with Gasteiger partial charge >= 0.3 is 33.0 Å². The summed E-state index contributed by atoms with van der Waals surface area (Å²) in [6.45, 7) is 9.44. The van der Waals surface area contributed by atoms with Gasteiger partial charge in [0.1, 0.15) is 0 Å². The summed E-state index contributed by atoms with van der Waals surface area (Å²) in [4.78, 5) is 0. The van der Waals surface area contributed by atoms with Crippen LogP contribution in [0.2, 0.25) is 0 Å². The molecule has 0 aliphatic rings. The van der Waals surface area contributed by atoms with E-state index in [2.05, 4.69) is 27.7 Å². The van der Waals surface area contributed by atoms with Crippen LogP contribution in [0.3, 0.4) is 0 Å². The van der Waals surface area contributed by atoms with Crippen LogP contribution in [0.25, 0.3) is 0 Å². The quantitative estimate of drug-likeness (QED) is 0.122. The van der Waals surface area contributed by atoms with Crippen LogP contribution in [0, 0.1) is 0 Å². The van der Waals surface area contributed by atoms with E-state index in [1.807, 2.05) is 0 Å². The number of halogens is 6. The SMILES string of the molecule is CCCCCCCC[P+](CCCC)(CCCC)CCCC.F[P-](F)(F)(F)(F)F. The first kappa shape index (κ1) is 30.6. The fourth-order valence-electron chi connectivity index (χ4n) is 3.38. The number of unbranched alkanes of at least 4 members (excludes halogenated alkanes) is 8. The number of hydrogen-bond donors (Lipinski definition) is 0. The van der Waals surface area contributed by atoms with Crippen LogP contribution in [0.4, 0.5) is 25.2 Å². The molecule has 0 spiro atoms. The fourth-order valence-corrected chi connectivity index (χ4v) is 8.58. The molecule has 0 amide bonds. The molecule has 0 fully saturated rings. The fraction of sp³-hybridized carbons (Fsp3) is 1.00. The maximum atomic E-state index is 9.87. The average Bonchev–Trinajstić information content (AvgIpc) is 2.56. The van der Waals surface area contributed by atoms with Crippen molar-refractivity contribution in [2.24, 2.45) is 0 Å². The van der Waals surface area contributed by atoms with Crippen LogP contribution < -0.4 is 0 Å². The van der Waals surface area contributed by atoms with Crippen LogP contribution in [0.1, 0.15) is 105 Å². The third-order valence-corrected chi connectivity index (χ3v) is 10.0. The summed E-state index contributed by atoms with van der Waals surface area (Å²) in [7, 11) is -11.3. The standard InChI is InChI=1S/C20H44P.F6P/c1-5-9-13-14-15-16-20-21(17-10-6-2,18-11-7-3)19-12-8-4;1-7(2,3,4,5)6/h5-20H2,1-4H3;/q+1;-1. The van der Waals surface area contributed by atoms with E-state index in [1.54, 1.807) is 24.6 Å². The van der Waals surface area contributed by atoms with Gasteiger partial charge < -0.3 is 0 Å². The Hall–Kier alpha value is 0.440. The summed E-state index contributed by atoms with van der Waals surface area (Å²) in [5, 5.41) is 0. The summed E-state index contributed by atoms with van der Waals surface area (Å²) in [5.41, 5.74) is 0. The maximum absolute atomic E-state index is 10.7. The molecule has 0 N–H and O–H groups in total. The Morgan fingerprint density at radius 2 is 0.679 bits per heavy atom. The molecule has 0 bridgehead atoms. The van der Waals surface area contributed by atoms with Crippen LogP contribution in [-0.2, 0) is 0 Å². The second-order valence-electron chi connectivity index (χ2n) is 8.02. The molecule has 0 radical (unpaired) electrons. The molecule has 8 heteroatoms. The van der Waals surface area contributed by atoms with Crippen molar-refractivity contribution in [1.29, 1.82) is 0 Å². The van der Waals surface area contributed by atoms with Crippen LogP contribution in [0.15, 0.2) is 0 Å². The van der Waals surface area contributed by atoms with Crippen LogP contribution in [0.5, 0.6) is 0 Å². The number of hydrogen-bond acceptors (Lipinski definition) is 0. The van der Waals surface area contributed by atoms with Gasteiger partial charge in [-0.15, -0.1) is 0 Å². The predicted octanol–water partition coefficient (Wildman–Crippen LogP) is 11.1. The van der Waals surface area contributed by atoms with Gasteiger partial charge in [-0.05, 0) is 32.1 Å². The third kappa shape index (κ3) is 28.6. The molecular formula is C20H44F6P2. The van der Waals surface area contributed by atoms with E-state index in [-0.39, 0.29) is 0 Å².